The first kappa shape index (κ1) is 47.0. The van der Waals surface area contributed by atoms with Crippen molar-refractivity contribution in [3.8, 4) is 11.1 Å². The minimum absolute atomic E-state index is 0.0762. The lowest BCUT2D eigenvalue weighted by Gasteiger charge is -2.46. The van der Waals surface area contributed by atoms with E-state index in [-0.39, 0.29) is 6.71 Å². The molecule has 0 fully saturated rings. The monoisotopic (exact) mass is 1020 g/mol. The maximum Gasteiger partial charge on any atom is 0.252 e. The Morgan fingerprint density at radius 1 is 0.338 bits per heavy atom. The number of hydrogen-bond acceptors (Lipinski definition) is 2. The van der Waals surface area contributed by atoms with Crippen molar-refractivity contribution in [1.82, 2.24) is 0 Å². The molecule has 0 N–H and O–H groups in total. The zero-order valence-corrected chi connectivity index (χ0v) is 46.1. The predicted molar refractivity (Wildman–Crippen MR) is 335 cm³/mol. The molecule has 5 heteroatoms. The van der Waals surface area contributed by atoms with Crippen LogP contribution in [-0.4, -0.2) is 22.9 Å². The normalized spacial score (nSPS) is 13.7. The Hall–Kier alpha value is -8.48. The van der Waals surface area contributed by atoms with Crippen LogP contribution >= 0.6 is 0 Å². The highest BCUT2D eigenvalue weighted by Crippen LogP contribution is 2.45. The molecule has 0 spiro atoms. The van der Waals surface area contributed by atoms with Crippen LogP contribution < -0.4 is 67.7 Å². The molecule has 0 aliphatic carbocycles. The van der Waals surface area contributed by atoms with E-state index in [1.54, 1.807) is 0 Å². The highest BCUT2D eigenvalue weighted by molar-refractivity contribution is 7.22. The summed E-state index contributed by atoms with van der Waals surface area (Å²) in [6.45, 7) is 9.19. The van der Waals surface area contributed by atoms with E-state index in [0.717, 1.165) is 5.69 Å². The van der Waals surface area contributed by atoms with Crippen molar-refractivity contribution in [2.75, 3.05) is 9.80 Å². The fourth-order valence-corrected chi connectivity index (χ4v) is 23.7. The van der Waals surface area contributed by atoms with Crippen molar-refractivity contribution >= 4 is 115 Å². The number of hydrogen-bond donors (Lipinski definition) is 0. The third kappa shape index (κ3) is 7.14. The summed E-state index contributed by atoms with van der Waals surface area (Å²) in [5, 5.41) is 11.1. The zero-order valence-electron chi connectivity index (χ0n) is 44.1. The van der Waals surface area contributed by atoms with Gasteiger partial charge in [-0.3, -0.25) is 0 Å². The van der Waals surface area contributed by atoms with E-state index in [0.29, 0.717) is 11.8 Å². The molecule has 14 rings (SSSR count). The first-order valence-corrected chi connectivity index (χ1v) is 31.5. The van der Waals surface area contributed by atoms with Crippen LogP contribution in [0.5, 0.6) is 0 Å². The molecule has 3 aliphatic rings. The van der Waals surface area contributed by atoms with Gasteiger partial charge in [-0.2, -0.15) is 0 Å². The van der Waals surface area contributed by atoms with Gasteiger partial charge in [0, 0.05) is 34.1 Å². The molecular weight excluding hydrogens is 960 g/mol. The van der Waals surface area contributed by atoms with Crippen LogP contribution in [0.15, 0.2) is 273 Å². The van der Waals surface area contributed by atoms with Crippen molar-refractivity contribution in [2.45, 2.75) is 39.5 Å². The van der Waals surface area contributed by atoms with E-state index >= 15 is 0 Å². The molecule has 2 nitrogen and oxygen atoms in total. The summed E-state index contributed by atoms with van der Waals surface area (Å²) < 4.78 is 0. The fourth-order valence-electron chi connectivity index (χ4n) is 13.7. The molecule has 0 bridgehead atoms. The van der Waals surface area contributed by atoms with Crippen molar-refractivity contribution < 1.29 is 0 Å². The Morgan fingerprint density at radius 2 is 0.779 bits per heavy atom. The molecule has 3 heterocycles. The molecule has 368 valence electrons. The molecular formula is C72H59BN2Si2. The van der Waals surface area contributed by atoms with E-state index in [2.05, 4.69) is 310 Å². The molecule has 0 radical (unpaired) electrons. The Labute approximate surface area is 456 Å². The molecule has 0 aromatic heterocycles. The molecule has 0 saturated heterocycles. The maximum atomic E-state index is 2.68. The Kier molecular flexibility index (Phi) is 11.4. The minimum atomic E-state index is -3.11. The second kappa shape index (κ2) is 18.7. The van der Waals surface area contributed by atoms with Gasteiger partial charge >= 0.3 is 0 Å². The van der Waals surface area contributed by atoms with Crippen molar-refractivity contribution in [3.05, 3.63) is 284 Å². The van der Waals surface area contributed by atoms with Crippen molar-refractivity contribution in [2.24, 2.45) is 0 Å². The highest BCUT2D eigenvalue weighted by atomic mass is 28.3. The van der Waals surface area contributed by atoms with Crippen LogP contribution in [0, 0.1) is 0 Å². The molecule has 11 aromatic carbocycles. The van der Waals surface area contributed by atoms with Crippen LogP contribution in [0.25, 0.3) is 11.1 Å². The first-order chi connectivity index (χ1) is 37.9. The average Bonchev–Trinajstić information content (AvgIpc) is 3.85. The summed E-state index contributed by atoms with van der Waals surface area (Å²) in [6, 6.07) is 105. The van der Waals surface area contributed by atoms with Crippen LogP contribution in [0.2, 0.25) is 0 Å². The molecule has 3 aliphatic heterocycles. The van der Waals surface area contributed by atoms with Crippen LogP contribution in [0.4, 0.5) is 34.1 Å². The lowest BCUT2D eigenvalue weighted by molar-refractivity contribution is 0.866. The summed E-state index contributed by atoms with van der Waals surface area (Å²) in [5.41, 5.74) is 16.7. The fraction of sp³-hybridized carbons (Fsp3) is 0.0833. The van der Waals surface area contributed by atoms with Crippen LogP contribution in [0.3, 0.4) is 0 Å². The van der Waals surface area contributed by atoms with Crippen molar-refractivity contribution in [1.29, 1.82) is 0 Å². The molecule has 77 heavy (non-hydrogen) atoms. The summed E-state index contributed by atoms with van der Waals surface area (Å²) in [7, 11) is -6.02. The second-order valence-electron chi connectivity index (χ2n) is 21.9. The van der Waals surface area contributed by atoms with Gasteiger partial charge in [-0.15, -0.1) is 0 Å². The van der Waals surface area contributed by atoms with Crippen LogP contribution in [0.1, 0.15) is 50.7 Å². The van der Waals surface area contributed by atoms with E-state index in [1.165, 1.54) is 109 Å². The summed E-state index contributed by atoms with van der Waals surface area (Å²) in [6.07, 6.45) is 0. The topological polar surface area (TPSA) is 6.48 Å². The number of rotatable bonds is 10. The highest BCUT2D eigenvalue weighted by Gasteiger charge is 2.52. The summed E-state index contributed by atoms with van der Waals surface area (Å²) in [4.78, 5) is 5.30. The standard InChI is InChI=1S/C72H59BN2Si2/c1-50(2)52-39-42-55(43-40-52)74-66-44-41-53(51(3)4)45-64(66)73-65-48-63-62-37-23-24-38-70(62)77(59-33-19-9-20-34-59,60-35-21-10-22-36-60)71(63)49-67(65)75(54-25-11-5-12-26-54)69-47-61(46-68(74)72(69)73)76(56-27-13-6-14-28-56,57-29-15-7-16-30-57)58-31-17-8-18-32-58/h5-51H,1-4H3. The van der Waals surface area contributed by atoms with Gasteiger partial charge in [0.2, 0.25) is 0 Å². The van der Waals surface area contributed by atoms with E-state index in [4.69, 9.17) is 0 Å². The Balaban J connectivity index is 1.17. The molecule has 11 aromatic rings. The van der Waals surface area contributed by atoms with Gasteiger partial charge in [-0.05, 0) is 141 Å². The molecule has 0 atom stereocenters. The van der Waals surface area contributed by atoms with Gasteiger partial charge < -0.3 is 9.80 Å². The Morgan fingerprint density at radius 3 is 1.31 bits per heavy atom. The second-order valence-corrected chi connectivity index (χ2v) is 29.5. The number of fused-ring (bicyclic) bond motifs is 7. The lowest BCUT2D eigenvalue weighted by atomic mass is 9.33. The maximum absolute atomic E-state index is 3.11. The van der Waals surface area contributed by atoms with E-state index in [9.17, 15) is 0 Å². The van der Waals surface area contributed by atoms with Gasteiger partial charge in [-0.25, -0.2) is 0 Å². The van der Waals surface area contributed by atoms with Crippen LogP contribution in [-0.2, 0) is 0 Å². The number of para-hydroxylation sites is 1. The average molecular weight is 1020 g/mol. The molecule has 0 amide bonds. The third-order valence-electron chi connectivity index (χ3n) is 17.2. The van der Waals surface area contributed by atoms with Gasteiger partial charge in [0.1, 0.15) is 0 Å². The third-order valence-corrected chi connectivity index (χ3v) is 26.8. The van der Waals surface area contributed by atoms with Gasteiger partial charge in [0.05, 0.1) is 0 Å². The van der Waals surface area contributed by atoms with E-state index < -0.39 is 16.1 Å². The largest absolute Gasteiger partial charge is 0.311 e. The van der Waals surface area contributed by atoms with Gasteiger partial charge in [0.15, 0.2) is 16.1 Å². The van der Waals surface area contributed by atoms with Crippen molar-refractivity contribution in [3.63, 3.8) is 0 Å². The van der Waals surface area contributed by atoms with Gasteiger partial charge in [0.25, 0.3) is 6.71 Å². The van der Waals surface area contributed by atoms with E-state index in [1.807, 2.05) is 0 Å². The number of anilines is 6. The quantitative estimate of drug-likeness (QED) is 0.0995. The first-order valence-electron chi connectivity index (χ1n) is 27.5. The molecule has 0 unspecified atom stereocenters. The predicted octanol–water partition coefficient (Wildman–Crippen LogP) is 10.8. The minimum Gasteiger partial charge on any atom is -0.311 e. The molecule has 0 saturated carbocycles. The van der Waals surface area contributed by atoms with Gasteiger partial charge in [-0.1, -0.05) is 252 Å². The lowest BCUT2D eigenvalue weighted by Crippen LogP contribution is -2.75. The SMILES string of the molecule is CC(C)c1ccc(N2c3ccc(C(C)C)cc3B3c4cc5c(cc4N(c4ccccc4)c4cc([Si](c6ccccc6)(c6ccccc6)c6ccccc6)cc2c43)[Si](c2ccccc2)(c2ccccc2)c2ccccc2-5)cc1. The number of nitrogens with zero attached hydrogens (tertiary/aromatic N) is 2. The smallest absolute Gasteiger partial charge is 0.252 e. The summed E-state index contributed by atoms with van der Waals surface area (Å²) in [5.74, 6) is 0.755. The Bertz CT molecular complexity index is 3850. The number of benzene rings is 11. The summed E-state index contributed by atoms with van der Waals surface area (Å²) >= 11 is 0. The zero-order chi connectivity index (χ0) is 51.8.